The van der Waals surface area contributed by atoms with E-state index in [9.17, 15) is 8.42 Å². The molecule has 20 heavy (non-hydrogen) atoms. The molecule has 0 aromatic heterocycles. The quantitative estimate of drug-likeness (QED) is 0.630. The summed E-state index contributed by atoms with van der Waals surface area (Å²) in [7, 11) is -3.28. The van der Waals surface area contributed by atoms with E-state index in [1.54, 1.807) is 0 Å². The van der Waals surface area contributed by atoms with Crippen LogP contribution in [0.25, 0.3) is 0 Å². The molecule has 0 aromatic carbocycles. The van der Waals surface area contributed by atoms with Gasteiger partial charge in [0.15, 0.2) is 0 Å². The number of hydrogen-bond donors (Lipinski definition) is 2. The molecular weight excluding hydrogens is 282 g/mol. The highest BCUT2D eigenvalue weighted by Gasteiger charge is 2.32. The Labute approximate surface area is 120 Å². The van der Waals surface area contributed by atoms with Gasteiger partial charge < -0.3 is 15.2 Å². The Balaban J connectivity index is 1.88. The van der Waals surface area contributed by atoms with Gasteiger partial charge in [0.2, 0.25) is 10.0 Å². The second-order valence-electron chi connectivity index (χ2n) is 5.48. The van der Waals surface area contributed by atoms with Gasteiger partial charge in [0.1, 0.15) is 0 Å². The molecule has 2 atom stereocenters. The first-order valence-electron chi connectivity index (χ1n) is 7.18. The van der Waals surface area contributed by atoms with Crippen molar-refractivity contribution < 1.29 is 18.3 Å². The van der Waals surface area contributed by atoms with Crippen molar-refractivity contribution in [2.45, 2.75) is 19.1 Å². The third-order valence-corrected chi connectivity index (χ3v) is 5.55. The predicted molar refractivity (Wildman–Crippen MR) is 76.1 cm³/mol. The summed E-state index contributed by atoms with van der Waals surface area (Å²) in [4.78, 5) is 2.17. The predicted octanol–water partition coefficient (Wildman–Crippen LogP) is -1.70. The Bertz CT molecular complexity index is 398. The maximum Gasteiger partial charge on any atom is 0.215 e. The van der Waals surface area contributed by atoms with E-state index in [-0.39, 0.29) is 25.0 Å². The van der Waals surface area contributed by atoms with Gasteiger partial charge in [-0.25, -0.2) is 8.42 Å². The van der Waals surface area contributed by atoms with Crippen LogP contribution in [0.15, 0.2) is 0 Å². The van der Waals surface area contributed by atoms with E-state index in [0.717, 1.165) is 26.2 Å². The standard InChI is InChI=1S/C12H25N3O4S/c1-11-8-15(9-12(10-16)19-11)20(17,18)7-6-14-4-2-13-3-5-14/h11-13,16H,2-10H2,1H3. The molecule has 2 heterocycles. The molecule has 2 saturated heterocycles. The van der Waals surface area contributed by atoms with Crippen molar-refractivity contribution in [3.63, 3.8) is 0 Å². The van der Waals surface area contributed by atoms with Crippen LogP contribution in [0, 0.1) is 0 Å². The fourth-order valence-corrected chi connectivity index (χ4v) is 4.22. The minimum Gasteiger partial charge on any atom is -0.394 e. The average Bonchev–Trinajstić information content (AvgIpc) is 2.45. The summed E-state index contributed by atoms with van der Waals surface area (Å²) in [6.07, 6.45) is -0.581. The zero-order valence-electron chi connectivity index (χ0n) is 12.0. The lowest BCUT2D eigenvalue weighted by Gasteiger charge is -2.36. The van der Waals surface area contributed by atoms with Gasteiger partial charge in [-0.15, -0.1) is 0 Å². The van der Waals surface area contributed by atoms with Gasteiger partial charge in [-0.2, -0.15) is 4.31 Å². The first-order chi connectivity index (χ1) is 9.51. The Kier molecular flexibility index (Phi) is 5.76. The number of hydrogen-bond acceptors (Lipinski definition) is 6. The number of nitrogens with one attached hydrogen (secondary N) is 1. The number of nitrogens with zero attached hydrogens (tertiary/aromatic N) is 2. The van der Waals surface area contributed by atoms with Crippen LogP contribution in [0.4, 0.5) is 0 Å². The molecule has 0 radical (unpaired) electrons. The molecule has 0 saturated carbocycles. The summed E-state index contributed by atoms with van der Waals surface area (Å²) in [5.41, 5.74) is 0. The maximum absolute atomic E-state index is 12.4. The van der Waals surface area contributed by atoms with Gasteiger partial charge in [-0.05, 0) is 6.92 Å². The van der Waals surface area contributed by atoms with Gasteiger partial charge in [0, 0.05) is 45.8 Å². The lowest BCUT2D eigenvalue weighted by molar-refractivity contribution is -0.0750. The largest absolute Gasteiger partial charge is 0.394 e. The van der Waals surface area contributed by atoms with Crippen molar-refractivity contribution in [1.82, 2.24) is 14.5 Å². The van der Waals surface area contributed by atoms with Crippen molar-refractivity contribution in [3.8, 4) is 0 Å². The fourth-order valence-electron chi connectivity index (χ4n) is 2.64. The number of morpholine rings is 1. The van der Waals surface area contributed by atoms with E-state index >= 15 is 0 Å². The summed E-state index contributed by atoms with van der Waals surface area (Å²) in [6.45, 7) is 6.52. The number of aliphatic hydroxyl groups excluding tert-OH is 1. The van der Waals surface area contributed by atoms with E-state index in [0.29, 0.717) is 13.1 Å². The lowest BCUT2D eigenvalue weighted by atomic mass is 10.2. The Hall–Kier alpha value is -0.250. The molecule has 2 aliphatic rings. The minimum atomic E-state index is -3.28. The smallest absolute Gasteiger partial charge is 0.215 e. The number of sulfonamides is 1. The number of piperazine rings is 1. The molecule has 2 N–H and O–H groups in total. The Morgan fingerprint density at radius 2 is 2.00 bits per heavy atom. The zero-order chi connectivity index (χ0) is 14.6. The third-order valence-electron chi connectivity index (χ3n) is 3.76. The van der Waals surface area contributed by atoms with Crippen LogP contribution in [-0.4, -0.2) is 93.1 Å². The Morgan fingerprint density at radius 3 is 2.65 bits per heavy atom. The van der Waals surface area contributed by atoms with Gasteiger partial charge >= 0.3 is 0 Å². The SMILES string of the molecule is CC1CN(S(=O)(=O)CCN2CCNCC2)CC(CO)O1. The summed E-state index contributed by atoms with van der Waals surface area (Å²) in [5, 5.41) is 12.4. The van der Waals surface area contributed by atoms with E-state index in [2.05, 4.69) is 10.2 Å². The molecule has 2 rings (SSSR count). The third kappa shape index (κ3) is 4.37. The topological polar surface area (TPSA) is 82.1 Å². The monoisotopic (exact) mass is 307 g/mol. The summed E-state index contributed by atoms with van der Waals surface area (Å²) in [5.74, 6) is 0.137. The molecule has 0 aliphatic carbocycles. The van der Waals surface area contributed by atoms with Crippen molar-refractivity contribution in [2.75, 3.05) is 58.2 Å². The van der Waals surface area contributed by atoms with Crippen LogP contribution >= 0.6 is 0 Å². The van der Waals surface area contributed by atoms with Gasteiger partial charge in [0.05, 0.1) is 24.6 Å². The van der Waals surface area contributed by atoms with Gasteiger partial charge in [-0.1, -0.05) is 0 Å². The number of rotatable bonds is 5. The molecule has 0 spiro atoms. The second kappa shape index (κ2) is 7.15. The highest BCUT2D eigenvalue weighted by atomic mass is 32.2. The Morgan fingerprint density at radius 1 is 1.30 bits per heavy atom. The van der Waals surface area contributed by atoms with E-state index in [1.165, 1.54) is 4.31 Å². The molecular formula is C12H25N3O4S. The number of aliphatic hydroxyl groups is 1. The minimum absolute atomic E-state index is 0.137. The summed E-state index contributed by atoms with van der Waals surface area (Å²) < 4.78 is 31.7. The highest BCUT2D eigenvalue weighted by Crippen LogP contribution is 2.15. The van der Waals surface area contributed by atoms with Crippen LogP contribution in [0.5, 0.6) is 0 Å². The van der Waals surface area contributed by atoms with E-state index in [1.807, 2.05) is 6.92 Å². The summed E-state index contributed by atoms with van der Waals surface area (Å²) >= 11 is 0. The first kappa shape index (κ1) is 16.1. The van der Waals surface area contributed by atoms with Crippen LogP contribution in [0.2, 0.25) is 0 Å². The molecule has 2 fully saturated rings. The van der Waals surface area contributed by atoms with Gasteiger partial charge in [0.25, 0.3) is 0 Å². The molecule has 7 nitrogen and oxygen atoms in total. The molecule has 2 unspecified atom stereocenters. The first-order valence-corrected chi connectivity index (χ1v) is 8.79. The molecule has 2 aliphatic heterocycles. The lowest BCUT2D eigenvalue weighted by Crippen LogP contribution is -2.52. The highest BCUT2D eigenvalue weighted by molar-refractivity contribution is 7.89. The van der Waals surface area contributed by atoms with Crippen molar-refractivity contribution >= 4 is 10.0 Å². The molecule has 0 bridgehead atoms. The van der Waals surface area contributed by atoms with Crippen LogP contribution in [0.3, 0.4) is 0 Å². The van der Waals surface area contributed by atoms with Crippen molar-refractivity contribution in [2.24, 2.45) is 0 Å². The fraction of sp³-hybridized carbons (Fsp3) is 1.00. The van der Waals surface area contributed by atoms with E-state index in [4.69, 9.17) is 9.84 Å². The normalized spacial score (nSPS) is 30.5. The molecule has 8 heteroatoms. The average molecular weight is 307 g/mol. The molecule has 0 amide bonds. The molecule has 118 valence electrons. The van der Waals surface area contributed by atoms with Gasteiger partial charge in [-0.3, -0.25) is 4.90 Å². The maximum atomic E-state index is 12.4. The zero-order valence-corrected chi connectivity index (χ0v) is 12.8. The second-order valence-corrected chi connectivity index (χ2v) is 7.56. The van der Waals surface area contributed by atoms with E-state index < -0.39 is 16.1 Å². The van der Waals surface area contributed by atoms with Crippen molar-refractivity contribution in [3.05, 3.63) is 0 Å². The van der Waals surface area contributed by atoms with Crippen molar-refractivity contribution in [1.29, 1.82) is 0 Å². The summed E-state index contributed by atoms with van der Waals surface area (Å²) in [6, 6.07) is 0. The molecule has 0 aromatic rings. The van der Waals surface area contributed by atoms with Crippen LogP contribution in [0.1, 0.15) is 6.92 Å². The van der Waals surface area contributed by atoms with Crippen LogP contribution in [-0.2, 0) is 14.8 Å². The van der Waals surface area contributed by atoms with Crippen LogP contribution < -0.4 is 5.32 Å². The number of ether oxygens (including phenoxy) is 1.